The predicted octanol–water partition coefficient (Wildman–Crippen LogP) is 6.37. The smallest absolute Gasteiger partial charge is 0.869 e. The van der Waals surface area contributed by atoms with Crippen LogP contribution in [0, 0.1) is 53.6 Å². The number of rotatable bonds is 4. The zero-order valence-corrected chi connectivity index (χ0v) is 31.2. The first kappa shape index (κ1) is 52.9. The Bertz CT molecular complexity index is 1350. The normalized spacial score (nSPS) is 13.1. The van der Waals surface area contributed by atoms with E-state index in [2.05, 4.69) is 9.97 Å². The van der Waals surface area contributed by atoms with Crippen LogP contribution >= 0.6 is 0 Å². The van der Waals surface area contributed by atoms with Crippen molar-refractivity contribution in [3.05, 3.63) is 84.3 Å². The van der Waals surface area contributed by atoms with Gasteiger partial charge in [-0.1, -0.05) is 74.4 Å². The van der Waals surface area contributed by atoms with E-state index in [1.807, 2.05) is 36.4 Å². The van der Waals surface area contributed by atoms with Crippen molar-refractivity contribution in [2.24, 2.45) is 16.2 Å². The number of aromatic nitrogens is 2. The fraction of sp³-hybridized carbons (Fsp3) is 0.441. The molecule has 0 saturated heterocycles. The first-order valence-corrected chi connectivity index (χ1v) is 14.4. The van der Waals surface area contributed by atoms with Crippen molar-refractivity contribution in [2.45, 2.75) is 80.8 Å². The van der Waals surface area contributed by atoms with E-state index >= 15 is 0 Å². The number of hydrogen-bond donors (Lipinski definition) is 0. The Morgan fingerprint density at radius 3 is 0.827 bits per heavy atom. The van der Waals surface area contributed by atoms with Gasteiger partial charge in [-0.2, -0.15) is 39.5 Å². The van der Waals surface area contributed by atoms with Crippen molar-refractivity contribution >= 4 is 17.3 Å². The number of nitrogens with zero attached hydrogens (tertiary/aromatic N) is 2. The van der Waals surface area contributed by atoms with E-state index in [-0.39, 0.29) is 55.5 Å². The third-order valence-corrected chi connectivity index (χ3v) is 5.43. The van der Waals surface area contributed by atoms with Crippen LogP contribution in [0.15, 0.2) is 84.3 Å². The minimum atomic E-state index is -4.96. The van der Waals surface area contributed by atoms with Gasteiger partial charge in [-0.05, 0) is 59.8 Å². The number of halogens is 9. The zero-order chi connectivity index (χ0) is 40.8. The molecule has 0 atom stereocenters. The number of allylic oxidation sites excluding steroid dienone is 6. The molecule has 2 rings (SSSR count). The van der Waals surface area contributed by atoms with Crippen LogP contribution in [0.1, 0.15) is 62.3 Å². The number of carbonyl (C=O) groups excluding carboxylic acids is 3. The maximum absolute atomic E-state index is 11.7. The van der Waals surface area contributed by atoms with Gasteiger partial charge in [0.05, 0.1) is 11.4 Å². The van der Waals surface area contributed by atoms with Crippen LogP contribution in [0.25, 0.3) is 11.4 Å². The molecule has 0 unspecified atom stereocenters. The van der Waals surface area contributed by atoms with Crippen molar-refractivity contribution in [1.82, 2.24) is 9.97 Å². The summed E-state index contributed by atoms with van der Waals surface area (Å²) in [5.41, 5.74) is -1.04. The average Bonchev–Trinajstić information content (AvgIpc) is 2.96. The quantitative estimate of drug-likeness (QED) is 0.196. The van der Waals surface area contributed by atoms with Gasteiger partial charge in [-0.3, -0.25) is 24.4 Å². The molecule has 0 aromatic carbocycles. The molecule has 0 saturated carbocycles. The number of ketones is 3. The van der Waals surface area contributed by atoms with Gasteiger partial charge in [0.15, 0.2) is 17.3 Å². The standard InChI is InChI=1S/C10H8N2.3C8H11F3O2.Er/c1-3-7-11-9(5-1)10-6-2-4-8-12-10;3*1-7(2,3)5(12)4-6(13)8(9,10)11;/h1-8H;3*4,13H,1-3H3;/q;;;;+3/p-3/b;3*6-4-;. The molecule has 2 aromatic heterocycles. The molecule has 52 heavy (non-hydrogen) atoms. The Hall–Kier alpha value is -3.45. The summed E-state index contributed by atoms with van der Waals surface area (Å²) in [5.74, 6) is -8.79. The Balaban J connectivity index is -0.000000612. The van der Waals surface area contributed by atoms with E-state index in [0.717, 1.165) is 11.4 Å². The van der Waals surface area contributed by atoms with Crippen molar-refractivity contribution in [1.29, 1.82) is 0 Å². The monoisotopic (exact) mass is 907 g/mol. The summed E-state index contributed by atoms with van der Waals surface area (Å²) in [6, 6.07) is 11.6. The van der Waals surface area contributed by atoms with Gasteiger partial charge in [-0.15, -0.1) is 0 Å². The van der Waals surface area contributed by atoms with E-state index < -0.39 is 69.4 Å². The van der Waals surface area contributed by atoms with Gasteiger partial charge in [0.25, 0.3) is 0 Å². The van der Waals surface area contributed by atoms with Gasteiger partial charge < -0.3 is 15.3 Å². The maximum atomic E-state index is 11.7. The molecule has 2 aromatic rings. The molecule has 0 fully saturated rings. The summed E-state index contributed by atoms with van der Waals surface area (Å²) in [7, 11) is 0. The van der Waals surface area contributed by atoms with E-state index in [9.17, 15) is 69.2 Å². The van der Waals surface area contributed by atoms with Gasteiger partial charge in [0.1, 0.15) is 0 Å². The zero-order valence-electron chi connectivity index (χ0n) is 29.4. The van der Waals surface area contributed by atoms with Gasteiger partial charge in [0, 0.05) is 28.6 Å². The minimum absolute atomic E-state index is 0. The first-order chi connectivity index (χ1) is 22.6. The fourth-order valence-electron chi connectivity index (χ4n) is 2.28. The number of carbonyl (C=O) groups is 3. The number of hydrogen-bond acceptors (Lipinski definition) is 8. The van der Waals surface area contributed by atoms with Crippen LogP contribution in [0.5, 0.6) is 0 Å². The van der Waals surface area contributed by atoms with Crippen molar-refractivity contribution in [3.8, 4) is 11.4 Å². The second kappa shape index (κ2) is 21.3. The predicted molar refractivity (Wildman–Crippen MR) is 163 cm³/mol. The van der Waals surface area contributed by atoms with E-state index in [4.69, 9.17) is 0 Å². The van der Waals surface area contributed by atoms with Gasteiger partial charge in [-0.25, -0.2) is 0 Å². The van der Waals surface area contributed by atoms with Gasteiger partial charge in [0.2, 0.25) is 0 Å². The SMILES string of the molecule is CC(C)(C)C(=O)/C=C(\[O-])C(F)(F)F.CC(C)(C)C(=O)/C=C(\[O-])C(F)(F)F.CC(C)(C)C(=O)/C=C(\[O-])C(F)(F)F.[Er+3].c1ccc(-c2ccccn2)nc1. The summed E-state index contributed by atoms with van der Waals surface area (Å²) < 4.78 is 105. The molecule has 18 heteroatoms. The van der Waals surface area contributed by atoms with Crippen molar-refractivity contribution < 1.29 is 107 Å². The Kier molecular flexibility index (Phi) is 21.7. The van der Waals surface area contributed by atoms with E-state index in [0.29, 0.717) is 0 Å². The summed E-state index contributed by atoms with van der Waals surface area (Å²) >= 11 is 0. The van der Waals surface area contributed by atoms with Crippen LogP contribution in [-0.2, 0) is 14.4 Å². The van der Waals surface area contributed by atoms with Crippen LogP contribution in [0.2, 0.25) is 0 Å². The number of pyridine rings is 2. The fourth-order valence-corrected chi connectivity index (χ4v) is 2.28. The van der Waals surface area contributed by atoms with Crippen LogP contribution in [-0.4, -0.2) is 45.8 Å². The summed E-state index contributed by atoms with van der Waals surface area (Å²) in [5, 5.41) is 31.0. The second-order valence-electron chi connectivity index (χ2n) is 13.3. The molecule has 0 amide bonds. The number of alkyl halides is 9. The molecular weight excluding hydrogens is 871 g/mol. The molecule has 0 bridgehead atoms. The molecule has 0 aliphatic heterocycles. The van der Waals surface area contributed by atoms with E-state index in [1.54, 1.807) is 12.4 Å². The van der Waals surface area contributed by atoms with Crippen molar-refractivity contribution in [2.75, 3.05) is 0 Å². The molecular formula is C34H38ErF9N2O6. The topological polar surface area (TPSA) is 146 Å². The Morgan fingerprint density at radius 1 is 0.481 bits per heavy atom. The van der Waals surface area contributed by atoms with Crippen LogP contribution < -0.4 is 15.3 Å². The molecule has 2 heterocycles. The molecule has 0 aliphatic rings. The third kappa shape index (κ3) is 23.2. The van der Waals surface area contributed by atoms with Crippen molar-refractivity contribution in [3.63, 3.8) is 0 Å². The van der Waals surface area contributed by atoms with E-state index in [1.165, 1.54) is 62.3 Å². The van der Waals surface area contributed by atoms with Gasteiger partial charge >= 0.3 is 55.8 Å². The maximum Gasteiger partial charge on any atom is 3.00 e. The van der Waals surface area contributed by atoms with Crippen LogP contribution in [0.3, 0.4) is 0 Å². The summed E-state index contributed by atoms with van der Waals surface area (Å²) in [4.78, 5) is 41.2. The molecule has 0 spiro atoms. The first-order valence-electron chi connectivity index (χ1n) is 14.4. The van der Waals surface area contributed by atoms with Crippen LogP contribution in [0.4, 0.5) is 39.5 Å². The minimum Gasteiger partial charge on any atom is -0.869 e. The summed E-state index contributed by atoms with van der Waals surface area (Å²) in [6.45, 7) is 13.0. The Morgan fingerprint density at radius 2 is 0.692 bits per heavy atom. The molecule has 0 aliphatic carbocycles. The largest absolute Gasteiger partial charge is 3.00 e. The second-order valence-corrected chi connectivity index (χ2v) is 13.3. The molecule has 1 radical (unpaired) electrons. The Labute approximate surface area is 325 Å². The third-order valence-electron chi connectivity index (χ3n) is 5.43. The molecule has 0 N–H and O–H groups in total. The molecule has 295 valence electrons. The summed E-state index contributed by atoms with van der Waals surface area (Å²) in [6.07, 6.45) is -11.0. The molecule has 8 nitrogen and oxygen atoms in total. The average molecular weight is 909 g/mol.